The van der Waals surface area contributed by atoms with Gasteiger partial charge in [0.15, 0.2) is 29.3 Å². The molecule has 0 bridgehead atoms. The van der Waals surface area contributed by atoms with E-state index in [9.17, 15) is 30.3 Å². The fourth-order valence-electron chi connectivity index (χ4n) is 4.57. The van der Waals surface area contributed by atoms with E-state index in [0.717, 1.165) is 0 Å². The first-order chi connectivity index (χ1) is 17.8. The number of carbonyl (C=O) groups excluding carboxylic acids is 1. The minimum atomic E-state index is -1.58. The number of hydrogen-bond acceptors (Lipinski definition) is 11. The summed E-state index contributed by atoms with van der Waals surface area (Å²) in [5.41, 5.74) is 2.01. The zero-order chi connectivity index (χ0) is 26.7. The molecule has 0 aliphatic carbocycles. The van der Waals surface area contributed by atoms with E-state index in [1.807, 2.05) is 6.07 Å². The number of aliphatic hydroxyl groups excluding tert-OH is 4. The number of phenolic OH excluding ortho intramolecular Hbond substituents is 1. The monoisotopic (exact) mass is 518 g/mol. The first-order valence-electron chi connectivity index (χ1n) is 11.6. The Hall–Kier alpha value is -3.19. The van der Waals surface area contributed by atoms with Crippen molar-refractivity contribution in [1.29, 1.82) is 0 Å². The smallest absolute Gasteiger partial charge is 0.186 e. The fourth-order valence-corrected chi connectivity index (χ4v) is 4.57. The summed E-state index contributed by atoms with van der Waals surface area (Å²) in [6.45, 7) is -0.659. The van der Waals surface area contributed by atoms with E-state index in [2.05, 4.69) is 0 Å². The van der Waals surface area contributed by atoms with E-state index in [1.165, 1.54) is 26.4 Å². The van der Waals surface area contributed by atoms with Gasteiger partial charge in [-0.25, -0.2) is 0 Å². The Morgan fingerprint density at radius 2 is 1.76 bits per heavy atom. The number of phenols is 1. The average Bonchev–Trinajstić information content (AvgIpc) is 3.28. The summed E-state index contributed by atoms with van der Waals surface area (Å²) in [5, 5.41) is 50.2. The number of aliphatic hydroxyl groups is 4. The third-order valence-electron chi connectivity index (χ3n) is 6.52. The van der Waals surface area contributed by atoms with Gasteiger partial charge in [0, 0.05) is 5.56 Å². The molecular formula is C26H30O11. The molecule has 2 aromatic carbocycles. The van der Waals surface area contributed by atoms with E-state index in [-0.39, 0.29) is 18.1 Å². The van der Waals surface area contributed by atoms with Crippen molar-refractivity contribution in [2.24, 2.45) is 0 Å². The predicted octanol–water partition coefficient (Wildman–Crippen LogP) is 0.655. The van der Waals surface area contributed by atoms with Crippen LogP contribution in [0.1, 0.15) is 28.7 Å². The van der Waals surface area contributed by atoms with Crippen molar-refractivity contribution in [3.05, 3.63) is 53.1 Å². The third-order valence-corrected chi connectivity index (χ3v) is 6.52. The zero-order valence-electron chi connectivity index (χ0n) is 20.3. The molecular weight excluding hydrogens is 488 g/mol. The van der Waals surface area contributed by atoms with E-state index in [1.54, 1.807) is 24.3 Å². The van der Waals surface area contributed by atoms with Gasteiger partial charge in [-0.3, -0.25) is 4.79 Å². The maximum absolute atomic E-state index is 10.9. The Kier molecular flexibility index (Phi) is 8.32. The quantitative estimate of drug-likeness (QED) is 0.234. The minimum absolute atomic E-state index is 0.0465. The van der Waals surface area contributed by atoms with E-state index >= 15 is 0 Å². The van der Waals surface area contributed by atoms with Crippen LogP contribution in [0.4, 0.5) is 0 Å². The molecule has 0 radical (unpaired) electrons. The molecule has 2 heterocycles. The molecule has 0 amide bonds. The summed E-state index contributed by atoms with van der Waals surface area (Å²) in [7, 11) is 2.92. The van der Waals surface area contributed by atoms with Crippen LogP contribution in [0.2, 0.25) is 0 Å². The van der Waals surface area contributed by atoms with Crippen molar-refractivity contribution in [3.8, 4) is 23.0 Å². The molecule has 1 fully saturated rings. The number of aromatic hydroxyl groups is 1. The van der Waals surface area contributed by atoms with Crippen LogP contribution in [0.5, 0.6) is 23.0 Å². The van der Waals surface area contributed by atoms with Gasteiger partial charge in [0.1, 0.15) is 36.8 Å². The normalized spacial score (nSPS) is 29.1. The number of methoxy groups -OCH3 is 2. The van der Waals surface area contributed by atoms with Gasteiger partial charge in [-0.2, -0.15) is 0 Å². The van der Waals surface area contributed by atoms with E-state index in [4.69, 9.17) is 23.7 Å². The summed E-state index contributed by atoms with van der Waals surface area (Å²) < 4.78 is 28.5. The molecule has 2 aliphatic rings. The van der Waals surface area contributed by atoms with Gasteiger partial charge in [0.25, 0.3) is 0 Å². The highest BCUT2D eigenvalue weighted by atomic mass is 16.7. The van der Waals surface area contributed by atoms with Crippen LogP contribution in [0, 0.1) is 0 Å². The number of ether oxygens (including phenoxy) is 5. The van der Waals surface area contributed by atoms with Crippen molar-refractivity contribution < 1.29 is 54.0 Å². The van der Waals surface area contributed by atoms with E-state index < -0.39 is 49.3 Å². The summed E-state index contributed by atoms with van der Waals surface area (Å²) in [4.78, 5) is 10.9. The molecule has 11 nitrogen and oxygen atoms in total. The number of benzene rings is 2. The Labute approximate surface area is 213 Å². The first kappa shape index (κ1) is 26.9. The molecule has 5 N–H and O–H groups in total. The molecule has 11 heteroatoms. The molecule has 4 rings (SSSR count). The van der Waals surface area contributed by atoms with Gasteiger partial charge >= 0.3 is 0 Å². The SMILES string of the molecule is COc1cc(C2Oc3c(OC)cc(C=CC=O)cc3C2COC2OC(CO)C(O)C(O)C2O)ccc1O. The van der Waals surface area contributed by atoms with Gasteiger partial charge in [-0.15, -0.1) is 0 Å². The fraction of sp³-hybridized carbons (Fsp3) is 0.423. The molecule has 0 spiro atoms. The Morgan fingerprint density at radius 3 is 2.43 bits per heavy atom. The Balaban J connectivity index is 1.70. The van der Waals surface area contributed by atoms with Crippen LogP contribution < -0.4 is 14.2 Å². The van der Waals surface area contributed by atoms with Crippen molar-refractivity contribution in [3.63, 3.8) is 0 Å². The van der Waals surface area contributed by atoms with Crippen molar-refractivity contribution in [2.75, 3.05) is 27.4 Å². The molecule has 37 heavy (non-hydrogen) atoms. The van der Waals surface area contributed by atoms with Gasteiger partial charge in [0.2, 0.25) is 0 Å². The molecule has 2 aromatic rings. The maximum atomic E-state index is 10.9. The first-order valence-corrected chi connectivity index (χ1v) is 11.6. The van der Waals surface area contributed by atoms with Crippen molar-refractivity contribution in [2.45, 2.75) is 42.7 Å². The summed E-state index contributed by atoms with van der Waals surface area (Å²) >= 11 is 0. The molecule has 1 saturated heterocycles. The third kappa shape index (κ3) is 5.28. The van der Waals surface area contributed by atoms with Crippen molar-refractivity contribution in [1.82, 2.24) is 0 Å². The van der Waals surface area contributed by atoms with Crippen molar-refractivity contribution >= 4 is 12.4 Å². The van der Waals surface area contributed by atoms with Gasteiger partial charge in [-0.05, 0) is 41.5 Å². The lowest BCUT2D eigenvalue weighted by molar-refractivity contribution is -0.302. The standard InChI is InChI=1S/C26H30O11/c1-33-18-10-14(5-6-17(18)29)24-16(12-35-26-23(32)22(31)21(30)20(11-28)36-26)15-8-13(4-3-7-27)9-19(34-2)25(15)37-24/h3-10,16,20-24,26,28-32H,11-12H2,1-2H3. The molecule has 7 atom stereocenters. The highest BCUT2D eigenvalue weighted by Gasteiger charge is 2.45. The molecule has 7 unspecified atom stereocenters. The number of hydrogen-bond donors (Lipinski definition) is 5. The summed E-state index contributed by atoms with van der Waals surface area (Å²) in [5.74, 6) is 0.566. The lowest BCUT2D eigenvalue weighted by Gasteiger charge is -2.40. The average molecular weight is 519 g/mol. The van der Waals surface area contributed by atoms with Crippen LogP contribution in [0.25, 0.3) is 6.08 Å². The lowest BCUT2D eigenvalue weighted by Crippen LogP contribution is -2.59. The second-order valence-electron chi connectivity index (χ2n) is 8.74. The number of allylic oxidation sites excluding steroid dienone is 1. The number of rotatable bonds is 9. The second kappa shape index (κ2) is 11.5. The number of aldehydes is 1. The largest absolute Gasteiger partial charge is 0.504 e. The topological polar surface area (TPSA) is 164 Å². The predicted molar refractivity (Wildman–Crippen MR) is 129 cm³/mol. The molecule has 0 saturated carbocycles. The van der Waals surface area contributed by atoms with Crippen LogP contribution in [0.15, 0.2) is 36.4 Å². The Bertz CT molecular complexity index is 1130. The number of fused-ring (bicyclic) bond motifs is 1. The maximum Gasteiger partial charge on any atom is 0.186 e. The molecule has 0 aromatic heterocycles. The van der Waals surface area contributed by atoms with E-state index in [0.29, 0.717) is 34.5 Å². The van der Waals surface area contributed by atoms with Gasteiger partial charge in [-0.1, -0.05) is 12.1 Å². The highest BCUT2D eigenvalue weighted by molar-refractivity contribution is 5.75. The Morgan fingerprint density at radius 1 is 1.00 bits per heavy atom. The highest BCUT2D eigenvalue weighted by Crippen LogP contribution is 2.52. The molecule has 200 valence electrons. The van der Waals surface area contributed by atoms with Crippen LogP contribution in [0.3, 0.4) is 0 Å². The van der Waals surface area contributed by atoms with Crippen LogP contribution in [-0.4, -0.2) is 90.0 Å². The lowest BCUT2D eigenvalue weighted by atomic mass is 9.90. The number of carbonyl (C=O) groups is 1. The van der Waals surface area contributed by atoms with Gasteiger partial charge in [0.05, 0.1) is 33.4 Å². The summed E-state index contributed by atoms with van der Waals surface area (Å²) in [6.07, 6.45) is -4.15. The molecule has 2 aliphatic heterocycles. The van der Waals surface area contributed by atoms with Crippen LogP contribution >= 0.6 is 0 Å². The minimum Gasteiger partial charge on any atom is -0.504 e. The second-order valence-corrected chi connectivity index (χ2v) is 8.74. The van der Waals surface area contributed by atoms with Gasteiger partial charge < -0.3 is 49.2 Å². The van der Waals surface area contributed by atoms with Crippen LogP contribution in [-0.2, 0) is 14.3 Å². The summed E-state index contributed by atoms with van der Waals surface area (Å²) in [6, 6.07) is 8.32. The zero-order valence-corrected chi connectivity index (χ0v) is 20.3.